The van der Waals surface area contributed by atoms with Gasteiger partial charge in [-0.05, 0) is 14.0 Å². The van der Waals surface area contributed by atoms with Gasteiger partial charge in [0.25, 0.3) is 0 Å². The van der Waals surface area contributed by atoms with Crippen molar-refractivity contribution in [3.8, 4) is 12.3 Å². The summed E-state index contributed by atoms with van der Waals surface area (Å²) in [6, 6.07) is -0.181. The number of hydrogen-bond donors (Lipinski definition) is 2. The van der Waals surface area contributed by atoms with Gasteiger partial charge in [0.15, 0.2) is 5.78 Å². The van der Waals surface area contributed by atoms with E-state index in [1.807, 2.05) is 0 Å². The van der Waals surface area contributed by atoms with Crippen LogP contribution in [-0.2, 0) is 9.53 Å². The van der Waals surface area contributed by atoms with Crippen LogP contribution in [0.5, 0.6) is 0 Å². The molecule has 0 saturated carbocycles. The maximum atomic E-state index is 10.6. The van der Waals surface area contributed by atoms with E-state index in [2.05, 4.69) is 11.2 Å². The maximum absolute atomic E-state index is 10.6. The number of hydrogen-bond acceptors (Lipinski definition) is 4. The Morgan fingerprint density at radius 2 is 2.31 bits per heavy atom. The van der Waals surface area contributed by atoms with Crippen LogP contribution in [0.3, 0.4) is 0 Å². The smallest absolute Gasteiger partial charge is 0.160 e. The molecule has 0 rings (SSSR count). The van der Waals surface area contributed by atoms with Gasteiger partial charge < -0.3 is 15.2 Å². The predicted octanol–water partition coefficient (Wildman–Crippen LogP) is -0.826. The van der Waals surface area contributed by atoms with Crippen LogP contribution in [0.15, 0.2) is 0 Å². The highest BCUT2D eigenvalue weighted by atomic mass is 16.5. The number of rotatable bonds is 6. The molecule has 0 aliphatic heterocycles. The molecule has 1 unspecified atom stereocenters. The number of ketones is 1. The zero-order chi connectivity index (χ0) is 10.3. The molecule has 74 valence electrons. The molecule has 0 aliphatic rings. The van der Waals surface area contributed by atoms with Crippen LogP contribution in [0.4, 0.5) is 0 Å². The summed E-state index contributed by atoms with van der Waals surface area (Å²) < 4.78 is 5.02. The van der Waals surface area contributed by atoms with Crippen molar-refractivity contribution in [2.45, 2.75) is 19.1 Å². The monoisotopic (exact) mass is 185 g/mol. The Labute approximate surface area is 78.3 Å². The number of terminal acetylenes is 1. The van der Waals surface area contributed by atoms with Gasteiger partial charge >= 0.3 is 0 Å². The highest BCUT2D eigenvalue weighted by Gasteiger charge is 2.10. The van der Waals surface area contributed by atoms with Crippen LogP contribution in [0.2, 0.25) is 0 Å². The minimum atomic E-state index is -1.05. The van der Waals surface area contributed by atoms with Crippen molar-refractivity contribution in [2.75, 3.05) is 20.3 Å². The average Bonchev–Trinajstić information content (AvgIpc) is 2.12. The minimum absolute atomic E-state index is 0.00477. The van der Waals surface area contributed by atoms with Crippen molar-refractivity contribution in [1.29, 1.82) is 0 Å². The first-order valence-electron chi connectivity index (χ1n) is 4.01. The van der Waals surface area contributed by atoms with Crippen LogP contribution >= 0.6 is 0 Å². The number of Topliss-reactive ketones (excluding diaryl/α,β-unsaturated/α-hetero) is 1. The van der Waals surface area contributed by atoms with Crippen molar-refractivity contribution in [1.82, 2.24) is 5.32 Å². The third-order valence-electron chi connectivity index (χ3n) is 1.58. The third kappa shape index (κ3) is 5.36. The SMILES string of the molecule is C#C[C@@H](COCC(O)C(C)=O)NC. The van der Waals surface area contributed by atoms with Crippen molar-refractivity contribution >= 4 is 5.78 Å². The van der Waals surface area contributed by atoms with E-state index in [1.165, 1.54) is 6.92 Å². The van der Waals surface area contributed by atoms with Gasteiger partial charge in [-0.1, -0.05) is 5.92 Å². The number of carbonyl (C=O) groups is 1. The molecule has 2 atom stereocenters. The molecule has 0 saturated heterocycles. The summed E-state index contributed by atoms with van der Waals surface area (Å²) in [6.45, 7) is 1.59. The quantitative estimate of drug-likeness (QED) is 0.530. The maximum Gasteiger partial charge on any atom is 0.160 e. The second-order valence-electron chi connectivity index (χ2n) is 2.67. The van der Waals surface area contributed by atoms with Crippen molar-refractivity contribution in [3.05, 3.63) is 0 Å². The predicted molar refractivity (Wildman–Crippen MR) is 49.2 cm³/mol. The molecular formula is C9H15NO3. The van der Waals surface area contributed by atoms with Gasteiger partial charge in [-0.3, -0.25) is 4.79 Å². The lowest BCUT2D eigenvalue weighted by Crippen LogP contribution is -2.31. The van der Waals surface area contributed by atoms with E-state index in [0.717, 1.165) is 0 Å². The lowest BCUT2D eigenvalue weighted by atomic mass is 10.3. The number of nitrogens with one attached hydrogen (secondary N) is 1. The Kier molecular flexibility index (Phi) is 6.15. The molecule has 0 spiro atoms. The summed E-state index contributed by atoms with van der Waals surface area (Å²) in [4.78, 5) is 10.6. The molecule has 2 N–H and O–H groups in total. The van der Waals surface area contributed by atoms with Crippen LogP contribution < -0.4 is 5.32 Å². The zero-order valence-electron chi connectivity index (χ0n) is 7.91. The molecule has 0 fully saturated rings. The van der Waals surface area contributed by atoms with Gasteiger partial charge in [-0.25, -0.2) is 0 Å². The van der Waals surface area contributed by atoms with Crippen LogP contribution in [0.1, 0.15) is 6.92 Å². The number of carbonyl (C=O) groups excluding carboxylic acids is 1. The Morgan fingerprint density at radius 3 is 2.69 bits per heavy atom. The number of aliphatic hydroxyl groups is 1. The van der Waals surface area contributed by atoms with E-state index >= 15 is 0 Å². The van der Waals surface area contributed by atoms with Crippen molar-refractivity contribution in [3.63, 3.8) is 0 Å². The molecule has 0 aromatic heterocycles. The summed E-state index contributed by atoms with van der Waals surface area (Å²) in [5.74, 6) is 2.15. The molecule has 0 radical (unpaired) electrons. The lowest BCUT2D eigenvalue weighted by molar-refractivity contribution is -0.128. The topological polar surface area (TPSA) is 58.6 Å². The fourth-order valence-electron chi connectivity index (χ4n) is 0.630. The van der Waals surface area contributed by atoms with Gasteiger partial charge in [-0.2, -0.15) is 0 Å². The first-order chi connectivity index (χ1) is 6.11. The highest BCUT2D eigenvalue weighted by molar-refractivity contribution is 5.80. The van der Waals surface area contributed by atoms with E-state index in [4.69, 9.17) is 16.3 Å². The van der Waals surface area contributed by atoms with E-state index in [1.54, 1.807) is 7.05 Å². The molecule has 0 bridgehead atoms. The van der Waals surface area contributed by atoms with Crippen LogP contribution in [-0.4, -0.2) is 43.3 Å². The summed E-state index contributed by atoms with van der Waals surface area (Å²) >= 11 is 0. The van der Waals surface area contributed by atoms with Crippen LogP contribution in [0, 0.1) is 12.3 Å². The fraction of sp³-hybridized carbons (Fsp3) is 0.667. The zero-order valence-corrected chi connectivity index (χ0v) is 7.91. The largest absolute Gasteiger partial charge is 0.383 e. The molecule has 0 amide bonds. The summed E-state index contributed by atoms with van der Waals surface area (Å²) in [7, 11) is 1.72. The first kappa shape index (κ1) is 12.1. The molecule has 13 heavy (non-hydrogen) atoms. The summed E-state index contributed by atoms with van der Waals surface area (Å²) in [5.41, 5.74) is 0. The Morgan fingerprint density at radius 1 is 1.69 bits per heavy atom. The Hall–Kier alpha value is -0.890. The molecule has 0 heterocycles. The highest BCUT2D eigenvalue weighted by Crippen LogP contribution is 1.89. The van der Waals surface area contributed by atoms with Crippen molar-refractivity contribution < 1.29 is 14.6 Å². The van der Waals surface area contributed by atoms with Gasteiger partial charge in [-0.15, -0.1) is 6.42 Å². The van der Waals surface area contributed by atoms with Gasteiger partial charge in [0.2, 0.25) is 0 Å². The Balaban J connectivity index is 3.56. The number of likely N-dealkylation sites (N-methyl/N-ethyl adjacent to an activating group) is 1. The first-order valence-corrected chi connectivity index (χ1v) is 4.01. The molecule has 0 aromatic rings. The normalized spacial score (nSPS) is 14.6. The van der Waals surface area contributed by atoms with Crippen LogP contribution in [0.25, 0.3) is 0 Å². The van der Waals surface area contributed by atoms with Gasteiger partial charge in [0.1, 0.15) is 6.10 Å². The number of ether oxygens (including phenoxy) is 1. The average molecular weight is 185 g/mol. The second-order valence-corrected chi connectivity index (χ2v) is 2.67. The molecular weight excluding hydrogens is 170 g/mol. The molecule has 4 nitrogen and oxygen atoms in total. The van der Waals surface area contributed by atoms with Gasteiger partial charge in [0, 0.05) is 0 Å². The van der Waals surface area contributed by atoms with E-state index in [9.17, 15) is 4.79 Å². The standard InChI is InChI=1S/C9H15NO3/c1-4-8(10-3)5-13-6-9(12)7(2)11/h1,8-10,12H,5-6H2,2-3H3/t8-,9?/m0/s1. The Bertz CT molecular complexity index is 198. The molecule has 0 aliphatic carbocycles. The van der Waals surface area contributed by atoms with E-state index < -0.39 is 6.10 Å². The van der Waals surface area contributed by atoms with Gasteiger partial charge in [0.05, 0.1) is 19.3 Å². The molecule has 0 aromatic carbocycles. The number of aliphatic hydroxyl groups excluding tert-OH is 1. The lowest BCUT2D eigenvalue weighted by Gasteiger charge is -2.11. The summed E-state index contributed by atoms with van der Waals surface area (Å²) in [5, 5.41) is 11.9. The van der Waals surface area contributed by atoms with Crippen molar-refractivity contribution in [2.24, 2.45) is 0 Å². The third-order valence-corrected chi connectivity index (χ3v) is 1.58. The summed E-state index contributed by atoms with van der Waals surface area (Å²) in [6.07, 6.45) is 4.09. The van der Waals surface area contributed by atoms with E-state index in [-0.39, 0.29) is 25.0 Å². The minimum Gasteiger partial charge on any atom is -0.383 e. The fourth-order valence-corrected chi connectivity index (χ4v) is 0.630. The van der Waals surface area contributed by atoms with E-state index in [0.29, 0.717) is 0 Å². The second kappa shape index (κ2) is 6.61. The molecule has 4 heteroatoms.